The standard InChI is InChI=1S/C20H26N2O/c1-5-22-19-7-6-16(14(2)3)12-18(19)17(13-20(22)23)15-8-10-21(4)11-9-15/h6-7,12-13,15H,2,5,8-11H2,1,3-4H3. The summed E-state index contributed by atoms with van der Waals surface area (Å²) >= 11 is 0. The number of rotatable bonds is 3. The molecule has 0 amide bonds. The van der Waals surface area contributed by atoms with E-state index >= 15 is 0 Å². The fraction of sp³-hybridized carbons (Fsp3) is 0.450. The number of nitrogens with zero attached hydrogens (tertiary/aromatic N) is 2. The van der Waals surface area contributed by atoms with Crippen molar-refractivity contribution >= 4 is 16.5 Å². The van der Waals surface area contributed by atoms with E-state index in [0.717, 1.165) is 42.6 Å². The largest absolute Gasteiger partial charge is 0.309 e. The molecule has 3 rings (SSSR count). The van der Waals surface area contributed by atoms with Gasteiger partial charge >= 0.3 is 0 Å². The van der Waals surface area contributed by atoms with E-state index in [9.17, 15) is 4.79 Å². The summed E-state index contributed by atoms with van der Waals surface area (Å²) in [4.78, 5) is 14.9. The molecular formula is C20H26N2O. The Hall–Kier alpha value is -1.87. The summed E-state index contributed by atoms with van der Waals surface area (Å²) in [6, 6.07) is 8.26. The highest BCUT2D eigenvalue weighted by Crippen LogP contribution is 2.33. The van der Waals surface area contributed by atoms with Gasteiger partial charge in [0, 0.05) is 18.0 Å². The van der Waals surface area contributed by atoms with E-state index in [4.69, 9.17) is 0 Å². The zero-order chi connectivity index (χ0) is 16.6. The molecule has 0 radical (unpaired) electrons. The van der Waals surface area contributed by atoms with Gasteiger partial charge in [0.15, 0.2) is 0 Å². The van der Waals surface area contributed by atoms with Crippen LogP contribution in [0.5, 0.6) is 0 Å². The quantitative estimate of drug-likeness (QED) is 0.860. The van der Waals surface area contributed by atoms with Crippen molar-refractivity contribution in [2.45, 2.75) is 39.2 Å². The monoisotopic (exact) mass is 310 g/mol. The van der Waals surface area contributed by atoms with Crippen LogP contribution in [0.4, 0.5) is 0 Å². The maximum absolute atomic E-state index is 12.5. The molecule has 1 aliphatic rings. The summed E-state index contributed by atoms with van der Waals surface area (Å²) < 4.78 is 1.87. The van der Waals surface area contributed by atoms with Crippen LogP contribution >= 0.6 is 0 Å². The van der Waals surface area contributed by atoms with Crippen molar-refractivity contribution in [2.75, 3.05) is 20.1 Å². The van der Waals surface area contributed by atoms with E-state index in [2.05, 4.69) is 36.7 Å². The summed E-state index contributed by atoms with van der Waals surface area (Å²) in [5.74, 6) is 0.480. The van der Waals surface area contributed by atoms with Crippen LogP contribution in [0.2, 0.25) is 0 Å². The van der Waals surface area contributed by atoms with E-state index < -0.39 is 0 Å². The molecule has 3 heteroatoms. The molecule has 1 saturated heterocycles. The Bertz CT molecular complexity index is 795. The molecule has 0 unspecified atom stereocenters. The topological polar surface area (TPSA) is 25.2 Å². The number of hydrogen-bond acceptors (Lipinski definition) is 2. The molecule has 23 heavy (non-hydrogen) atoms. The molecule has 2 aromatic rings. The molecule has 0 atom stereocenters. The second-order valence-electron chi connectivity index (χ2n) is 6.77. The molecule has 1 aromatic heterocycles. The van der Waals surface area contributed by atoms with Crippen LogP contribution in [0.15, 0.2) is 35.6 Å². The van der Waals surface area contributed by atoms with Gasteiger partial charge in [-0.05, 0) is 76.0 Å². The zero-order valence-electron chi connectivity index (χ0n) is 14.4. The van der Waals surface area contributed by atoms with Crippen LogP contribution in [0.25, 0.3) is 16.5 Å². The van der Waals surface area contributed by atoms with Crippen LogP contribution in [0.1, 0.15) is 43.7 Å². The van der Waals surface area contributed by atoms with Crippen molar-refractivity contribution in [3.63, 3.8) is 0 Å². The summed E-state index contributed by atoms with van der Waals surface area (Å²) in [6.07, 6.45) is 2.25. The molecule has 3 nitrogen and oxygen atoms in total. The minimum atomic E-state index is 0.122. The Morgan fingerprint density at radius 1 is 1.26 bits per heavy atom. The first kappa shape index (κ1) is 16.0. The van der Waals surface area contributed by atoms with Crippen molar-refractivity contribution in [1.82, 2.24) is 9.47 Å². The lowest BCUT2D eigenvalue weighted by Gasteiger charge is -2.30. The number of likely N-dealkylation sites (tertiary alicyclic amines) is 1. The van der Waals surface area contributed by atoms with Crippen LogP contribution in [0.3, 0.4) is 0 Å². The Labute approximate surface area is 138 Å². The maximum Gasteiger partial charge on any atom is 0.251 e. The highest BCUT2D eigenvalue weighted by atomic mass is 16.1. The predicted octanol–water partition coefficient (Wildman–Crippen LogP) is 3.86. The molecule has 2 heterocycles. The second kappa shape index (κ2) is 6.32. The van der Waals surface area contributed by atoms with Crippen LogP contribution in [-0.2, 0) is 6.54 Å². The average molecular weight is 310 g/mol. The first-order chi connectivity index (χ1) is 11.0. The lowest BCUT2D eigenvalue weighted by Crippen LogP contribution is -2.30. The van der Waals surface area contributed by atoms with Gasteiger partial charge in [-0.3, -0.25) is 4.79 Å². The van der Waals surface area contributed by atoms with Crippen molar-refractivity contribution in [2.24, 2.45) is 0 Å². The number of allylic oxidation sites excluding steroid dienone is 1. The average Bonchev–Trinajstić information content (AvgIpc) is 2.54. The summed E-state index contributed by atoms with van der Waals surface area (Å²) in [7, 11) is 2.17. The zero-order valence-corrected chi connectivity index (χ0v) is 14.4. The van der Waals surface area contributed by atoms with Gasteiger partial charge < -0.3 is 9.47 Å². The van der Waals surface area contributed by atoms with Crippen LogP contribution in [0, 0.1) is 0 Å². The maximum atomic E-state index is 12.5. The van der Waals surface area contributed by atoms with Gasteiger partial charge in [0.2, 0.25) is 0 Å². The van der Waals surface area contributed by atoms with E-state index in [-0.39, 0.29) is 5.56 Å². The van der Waals surface area contributed by atoms with Gasteiger partial charge in [0.25, 0.3) is 5.56 Å². The van der Waals surface area contributed by atoms with Crippen molar-refractivity contribution in [3.8, 4) is 0 Å². The van der Waals surface area contributed by atoms with Gasteiger partial charge in [-0.15, -0.1) is 0 Å². The number of piperidine rings is 1. The summed E-state index contributed by atoms with van der Waals surface area (Å²) in [5.41, 5.74) is 4.63. The fourth-order valence-corrected chi connectivity index (χ4v) is 3.66. The third-order valence-corrected chi connectivity index (χ3v) is 5.11. The van der Waals surface area contributed by atoms with Crippen molar-refractivity contribution in [3.05, 3.63) is 52.3 Å². The number of hydrogen-bond donors (Lipinski definition) is 0. The van der Waals surface area contributed by atoms with Gasteiger partial charge in [-0.1, -0.05) is 18.2 Å². The predicted molar refractivity (Wildman–Crippen MR) is 98.1 cm³/mol. The molecule has 0 N–H and O–H groups in total. The third-order valence-electron chi connectivity index (χ3n) is 5.11. The van der Waals surface area contributed by atoms with Crippen molar-refractivity contribution < 1.29 is 0 Å². The number of aryl methyl sites for hydroxylation is 1. The number of benzene rings is 1. The van der Waals surface area contributed by atoms with E-state index in [0.29, 0.717) is 12.5 Å². The molecular weight excluding hydrogens is 284 g/mol. The molecule has 0 bridgehead atoms. The van der Waals surface area contributed by atoms with Crippen molar-refractivity contribution in [1.29, 1.82) is 0 Å². The minimum absolute atomic E-state index is 0.122. The Balaban J connectivity index is 2.21. The van der Waals surface area contributed by atoms with Gasteiger partial charge in [0.05, 0.1) is 5.52 Å². The van der Waals surface area contributed by atoms with E-state index in [1.165, 1.54) is 10.9 Å². The molecule has 1 aromatic carbocycles. The first-order valence-electron chi connectivity index (χ1n) is 8.53. The lowest BCUT2D eigenvalue weighted by atomic mass is 9.87. The molecule has 122 valence electrons. The molecule has 0 spiro atoms. The van der Waals surface area contributed by atoms with Gasteiger partial charge in [-0.2, -0.15) is 0 Å². The van der Waals surface area contributed by atoms with E-state index in [1.807, 2.05) is 24.5 Å². The molecule has 0 saturated carbocycles. The normalized spacial score (nSPS) is 16.8. The summed E-state index contributed by atoms with van der Waals surface area (Å²) in [6.45, 7) is 11.0. The fourth-order valence-electron chi connectivity index (χ4n) is 3.66. The molecule has 1 fully saturated rings. The lowest BCUT2D eigenvalue weighted by molar-refractivity contribution is 0.256. The Kier molecular flexibility index (Phi) is 4.40. The van der Waals surface area contributed by atoms with E-state index in [1.54, 1.807) is 0 Å². The smallest absolute Gasteiger partial charge is 0.251 e. The highest BCUT2D eigenvalue weighted by molar-refractivity contribution is 5.86. The Morgan fingerprint density at radius 2 is 1.96 bits per heavy atom. The minimum Gasteiger partial charge on any atom is -0.309 e. The summed E-state index contributed by atoms with van der Waals surface area (Å²) in [5, 5.41) is 1.22. The second-order valence-corrected chi connectivity index (χ2v) is 6.77. The number of aromatic nitrogens is 1. The highest BCUT2D eigenvalue weighted by Gasteiger charge is 2.22. The Morgan fingerprint density at radius 3 is 2.57 bits per heavy atom. The van der Waals surface area contributed by atoms with Gasteiger partial charge in [-0.25, -0.2) is 0 Å². The van der Waals surface area contributed by atoms with Gasteiger partial charge in [0.1, 0.15) is 0 Å². The van der Waals surface area contributed by atoms with Crippen LogP contribution in [-0.4, -0.2) is 29.6 Å². The molecule has 0 aliphatic carbocycles. The number of fused-ring (bicyclic) bond motifs is 1. The molecule has 1 aliphatic heterocycles. The SMILES string of the molecule is C=C(C)c1ccc2c(c1)c(C1CCN(C)CC1)cc(=O)n2CC. The third kappa shape index (κ3) is 2.98. The van der Waals surface area contributed by atoms with Crippen LogP contribution < -0.4 is 5.56 Å². The number of pyridine rings is 1. The first-order valence-corrected chi connectivity index (χ1v) is 8.53.